The summed E-state index contributed by atoms with van der Waals surface area (Å²) in [5, 5.41) is 5.42. The summed E-state index contributed by atoms with van der Waals surface area (Å²) < 4.78 is 5.77. The average Bonchev–Trinajstić information content (AvgIpc) is 2.70. The fraction of sp³-hybridized carbons (Fsp3) is 0.381. The van der Waals surface area contributed by atoms with Crippen LogP contribution in [-0.4, -0.2) is 29.4 Å². The first-order valence-electron chi connectivity index (χ1n) is 9.32. The Kier molecular flexibility index (Phi) is 12.7. The number of nitrogens with one attached hydrogen (secondary N) is 2. The van der Waals surface area contributed by atoms with E-state index in [1.54, 1.807) is 6.20 Å². The van der Waals surface area contributed by atoms with Crippen LogP contribution in [0, 0.1) is 5.92 Å². The van der Waals surface area contributed by atoms with Crippen LogP contribution in [0.25, 0.3) is 0 Å². The molecule has 0 radical (unpaired) electrons. The highest BCUT2D eigenvalue weighted by Gasteiger charge is 2.18. The SMILES string of the molecule is CC(NC(=O)CNC(=O)[C@@H](N)C(C)C)c1cccc(OCc2ccccn2)c1.Cl.Cl. The summed E-state index contributed by atoms with van der Waals surface area (Å²) in [4.78, 5) is 28.2. The lowest BCUT2D eigenvalue weighted by Crippen LogP contribution is -2.47. The molecule has 0 spiro atoms. The third-order valence-corrected chi connectivity index (χ3v) is 4.29. The molecule has 4 N–H and O–H groups in total. The Morgan fingerprint density at radius 1 is 1.10 bits per heavy atom. The highest BCUT2D eigenvalue weighted by molar-refractivity contribution is 5.87. The smallest absolute Gasteiger partial charge is 0.239 e. The van der Waals surface area contributed by atoms with Gasteiger partial charge >= 0.3 is 0 Å². The van der Waals surface area contributed by atoms with Crippen molar-refractivity contribution < 1.29 is 14.3 Å². The van der Waals surface area contributed by atoms with Gasteiger partial charge in [0, 0.05) is 6.20 Å². The number of pyridine rings is 1. The summed E-state index contributed by atoms with van der Waals surface area (Å²) in [6, 6.07) is 12.3. The third kappa shape index (κ3) is 8.98. The first-order chi connectivity index (χ1) is 13.4. The molecular weight excluding hydrogens is 427 g/mol. The molecule has 0 aliphatic rings. The molecular formula is C21H30Cl2N4O3. The molecule has 1 aromatic carbocycles. The molecule has 2 rings (SSSR count). The van der Waals surface area contributed by atoms with Crippen LogP contribution >= 0.6 is 24.8 Å². The van der Waals surface area contributed by atoms with Crippen LogP contribution < -0.4 is 21.1 Å². The molecule has 30 heavy (non-hydrogen) atoms. The maximum Gasteiger partial charge on any atom is 0.239 e. The largest absolute Gasteiger partial charge is 0.487 e. The van der Waals surface area contributed by atoms with E-state index in [0.29, 0.717) is 12.4 Å². The lowest BCUT2D eigenvalue weighted by molar-refractivity contribution is -0.127. The van der Waals surface area contributed by atoms with E-state index in [-0.39, 0.29) is 55.1 Å². The average molecular weight is 457 g/mol. The van der Waals surface area contributed by atoms with Gasteiger partial charge in [0.25, 0.3) is 0 Å². The molecule has 0 bridgehead atoms. The zero-order valence-electron chi connectivity index (χ0n) is 17.3. The molecule has 0 saturated carbocycles. The lowest BCUT2D eigenvalue weighted by atomic mass is 10.1. The summed E-state index contributed by atoms with van der Waals surface area (Å²) >= 11 is 0. The van der Waals surface area contributed by atoms with Crippen LogP contribution in [0.5, 0.6) is 5.75 Å². The Bertz CT molecular complexity index is 791. The summed E-state index contributed by atoms with van der Waals surface area (Å²) in [6.07, 6.45) is 1.72. The van der Waals surface area contributed by atoms with Crippen LogP contribution in [0.2, 0.25) is 0 Å². The normalized spacial score (nSPS) is 12.0. The minimum Gasteiger partial charge on any atom is -0.487 e. The van der Waals surface area contributed by atoms with E-state index < -0.39 is 6.04 Å². The highest BCUT2D eigenvalue weighted by atomic mass is 35.5. The van der Waals surface area contributed by atoms with Crippen LogP contribution in [0.15, 0.2) is 48.7 Å². The van der Waals surface area contributed by atoms with E-state index >= 15 is 0 Å². The second-order valence-electron chi connectivity index (χ2n) is 6.96. The number of amides is 2. The fourth-order valence-electron chi connectivity index (χ4n) is 2.48. The van der Waals surface area contributed by atoms with E-state index in [1.807, 2.05) is 63.2 Å². The number of hydrogen-bond donors (Lipinski definition) is 3. The molecule has 2 atom stereocenters. The highest BCUT2D eigenvalue weighted by Crippen LogP contribution is 2.19. The molecule has 0 aliphatic carbocycles. The van der Waals surface area contributed by atoms with Gasteiger partial charge in [-0.3, -0.25) is 14.6 Å². The number of halogens is 2. The molecule has 2 amide bonds. The number of benzene rings is 1. The van der Waals surface area contributed by atoms with Crippen molar-refractivity contribution >= 4 is 36.6 Å². The molecule has 2 aromatic rings. The van der Waals surface area contributed by atoms with Crippen molar-refractivity contribution in [1.82, 2.24) is 15.6 Å². The zero-order valence-corrected chi connectivity index (χ0v) is 19.0. The second kappa shape index (κ2) is 13.8. The number of rotatable bonds is 9. The van der Waals surface area contributed by atoms with E-state index in [9.17, 15) is 9.59 Å². The summed E-state index contributed by atoms with van der Waals surface area (Å²) in [7, 11) is 0. The van der Waals surface area contributed by atoms with Crippen molar-refractivity contribution in [3.05, 3.63) is 59.9 Å². The zero-order chi connectivity index (χ0) is 20.5. The maximum atomic E-state index is 12.1. The van der Waals surface area contributed by atoms with Crippen molar-refractivity contribution in [2.45, 2.75) is 39.5 Å². The summed E-state index contributed by atoms with van der Waals surface area (Å²) in [5.74, 6) is 0.0932. The van der Waals surface area contributed by atoms with E-state index in [1.165, 1.54) is 0 Å². The Labute approximate surface area is 190 Å². The Balaban J connectivity index is 0.00000420. The van der Waals surface area contributed by atoms with Crippen molar-refractivity contribution in [3.8, 4) is 5.75 Å². The van der Waals surface area contributed by atoms with Gasteiger partial charge in [-0.1, -0.05) is 32.0 Å². The number of nitrogens with two attached hydrogens (primary N) is 1. The van der Waals surface area contributed by atoms with Gasteiger partial charge < -0.3 is 21.1 Å². The molecule has 0 fully saturated rings. The van der Waals surface area contributed by atoms with Gasteiger partial charge in [0.1, 0.15) is 12.4 Å². The maximum absolute atomic E-state index is 12.1. The van der Waals surface area contributed by atoms with Crippen molar-refractivity contribution in [2.75, 3.05) is 6.54 Å². The molecule has 9 heteroatoms. The van der Waals surface area contributed by atoms with Gasteiger partial charge in [0.15, 0.2) is 0 Å². The van der Waals surface area contributed by atoms with Crippen LogP contribution in [0.1, 0.15) is 38.1 Å². The third-order valence-electron chi connectivity index (χ3n) is 4.29. The van der Waals surface area contributed by atoms with E-state index in [2.05, 4.69) is 15.6 Å². The topological polar surface area (TPSA) is 106 Å². The molecule has 0 saturated heterocycles. The molecule has 1 heterocycles. The first-order valence-corrected chi connectivity index (χ1v) is 9.32. The van der Waals surface area contributed by atoms with Gasteiger partial charge in [-0.2, -0.15) is 0 Å². The minimum atomic E-state index is -0.627. The summed E-state index contributed by atoms with van der Waals surface area (Å²) in [5.41, 5.74) is 7.50. The number of ether oxygens (including phenoxy) is 1. The molecule has 1 aromatic heterocycles. The summed E-state index contributed by atoms with van der Waals surface area (Å²) in [6.45, 7) is 5.84. The van der Waals surface area contributed by atoms with Gasteiger partial charge in [0.2, 0.25) is 11.8 Å². The standard InChI is InChI=1S/C21H28N4O3.2ClH/c1-14(2)20(22)21(27)24-12-19(26)25-15(3)16-7-6-9-18(11-16)28-13-17-8-4-5-10-23-17;;/h4-11,14-15,20H,12-13,22H2,1-3H3,(H,24,27)(H,25,26);2*1H/t15?,20-;;/m0../s1. The number of carbonyl (C=O) groups is 2. The first kappa shape index (κ1) is 27.7. The Hall–Kier alpha value is -2.35. The predicted octanol–water partition coefficient (Wildman–Crippen LogP) is 2.78. The fourth-order valence-corrected chi connectivity index (χ4v) is 2.48. The molecule has 166 valence electrons. The number of nitrogens with zero attached hydrogens (tertiary/aromatic N) is 1. The van der Waals surface area contributed by atoms with Crippen molar-refractivity contribution in [3.63, 3.8) is 0 Å². The number of aromatic nitrogens is 1. The lowest BCUT2D eigenvalue weighted by Gasteiger charge is -2.18. The van der Waals surface area contributed by atoms with Crippen molar-refractivity contribution in [2.24, 2.45) is 11.7 Å². The van der Waals surface area contributed by atoms with Gasteiger partial charge in [-0.05, 0) is 42.7 Å². The molecule has 7 nitrogen and oxygen atoms in total. The van der Waals surface area contributed by atoms with Gasteiger partial charge in [-0.15, -0.1) is 24.8 Å². The van der Waals surface area contributed by atoms with Gasteiger partial charge in [0.05, 0.1) is 24.3 Å². The molecule has 1 unspecified atom stereocenters. The number of hydrogen-bond acceptors (Lipinski definition) is 5. The van der Waals surface area contributed by atoms with Crippen LogP contribution in [0.4, 0.5) is 0 Å². The van der Waals surface area contributed by atoms with Crippen LogP contribution in [-0.2, 0) is 16.2 Å². The van der Waals surface area contributed by atoms with E-state index in [0.717, 1.165) is 11.3 Å². The van der Waals surface area contributed by atoms with Crippen molar-refractivity contribution in [1.29, 1.82) is 0 Å². The van der Waals surface area contributed by atoms with E-state index in [4.69, 9.17) is 10.5 Å². The second-order valence-corrected chi connectivity index (χ2v) is 6.96. The quantitative estimate of drug-likeness (QED) is 0.537. The predicted molar refractivity (Wildman–Crippen MR) is 122 cm³/mol. The van der Waals surface area contributed by atoms with Crippen LogP contribution in [0.3, 0.4) is 0 Å². The monoisotopic (exact) mass is 456 g/mol. The Morgan fingerprint density at radius 3 is 2.47 bits per heavy atom. The molecule has 0 aliphatic heterocycles. The minimum absolute atomic E-state index is 0. The van der Waals surface area contributed by atoms with Gasteiger partial charge in [-0.25, -0.2) is 0 Å². The Morgan fingerprint density at radius 2 is 1.83 bits per heavy atom. The number of carbonyl (C=O) groups excluding carboxylic acids is 2.